The van der Waals surface area contributed by atoms with Gasteiger partial charge in [-0.05, 0) is 12.8 Å². The molecular formula is C16H28N4O8. The third-order valence-corrected chi connectivity index (χ3v) is 4.12. The van der Waals surface area contributed by atoms with Crippen LogP contribution in [0.15, 0.2) is 0 Å². The summed E-state index contributed by atoms with van der Waals surface area (Å²) in [4.78, 5) is 57.8. The lowest BCUT2D eigenvalue weighted by atomic mass is 9.99. The Morgan fingerprint density at radius 3 is 1.86 bits per heavy atom. The molecule has 0 aliphatic heterocycles. The van der Waals surface area contributed by atoms with E-state index in [1.54, 1.807) is 6.92 Å². The highest BCUT2D eigenvalue weighted by molar-refractivity contribution is 5.94. The van der Waals surface area contributed by atoms with Gasteiger partial charge >= 0.3 is 11.9 Å². The Bertz CT molecular complexity index is 597. The Hall–Kier alpha value is -2.73. The number of nitrogens with two attached hydrogens (primary N) is 1. The van der Waals surface area contributed by atoms with Crippen LogP contribution < -0.4 is 21.7 Å². The van der Waals surface area contributed by atoms with Gasteiger partial charge in [-0.3, -0.25) is 19.2 Å². The molecule has 0 aliphatic rings. The lowest BCUT2D eigenvalue weighted by Gasteiger charge is -2.23. The second-order valence-corrected chi connectivity index (χ2v) is 6.38. The highest BCUT2D eigenvalue weighted by Gasteiger charge is 2.29. The zero-order chi connectivity index (χ0) is 22.0. The summed E-state index contributed by atoms with van der Waals surface area (Å²) >= 11 is 0. The molecule has 0 rings (SSSR count). The van der Waals surface area contributed by atoms with E-state index in [2.05, 4.69) is 10.6 Å². The van der Waals surface area contributed by atoms with E-state index in [9.17, 15) is 29.1 Å². The number of amides is 3. The van der Waals surface area contributed by atoms with Crippen molar-refractivity contribution < 1.29 is 39.3 Å². The van der Waals surface area contributed by atoms with Gasteiger partial charge < -0.3 is 37.0 Å². The highest BCUT2D eigenvalue weighted by Crippen LogP contribution is 2.05. The SMILES string of the molecule is CC[C@H](C)[C@H](N)C(=O)N[C@@H](CO)C(=O)N[C@@H](C)C(=O)N[C@@H](CC(=O)O)C(=O)O. The van der Waals surface area contributed by atoms with Gasteiger partial charge in [0.1, 0.15) is 18.1 Å². The number of aliphatic carboxylic acids is 2. The fourth-order valence-electron chi connectivity index (χ4n) is 2.03. The fourth-order valence-corrected chi connectivity index (χ4v) is 2.03. The number of carboxylic acids is 2. The number of hydrogen-bond acceptors (Lipinski definition) is 7. The van der Waals surface area contributed by atoms with E-state index in [1.807, 2.05) is 12.2 Å². The van der Waals surface area contributed by atoms with Crippen LogP contribution in [-0.2, 0) is 24.0 Å². The standard InChI is InChI=1S/C16H28N4O8/c1-4-7(2)12(17)15(26)20-10(6-21)14(25)18-8(3)13(24)19-9(16(27)28)5-11(22)23/h7-10,12,21H,4-6,17H2,1-3H3,(H,18,25)(H,19,24)(H,20,26)(H,22,23)(H,27,28)/t7-,8-,9-,10-,12-/m0/s1. The molecule has 0 aliphatic carbocycles. The van der Waals surface area contributed by atoms with Gasteiger partial charge in [0, 0.05) is 0 Å². The molecule has 0 bridgehead atoms. The van der Waals surface area contributed by atoms with Gasteiger partial charge in [-0.2, -0.15) is 0 Å². The number of aliphatic hydroxyl groups excluding tert-OH is 1. The van der Waals surface area contributed by atoms with Crippen LogP contribution in [-0.4, -0.2) is 75.8 Å². The number of aliphatic hydroxyl groups is 1. The molecule has 0 aromatic carbocycles. The quantitative estimate of drug-likeness (QED) is 0.181. The number of rotatable bonds is 12. The lowest BCUT2D eigenvalue weighted by Crippen LogP contribution is -2.58. The van der Waals surface area contributed by atoms with E-state index in [0.29, 0.717) is 6.42 Å². The first-order valence-electron chi connectivity index (χ1n) is 8.66. The van der Waals surface area contributed by atoms with E-state index in [-0.39, 0.29) is 5.92 Å². The van der Waals surface area contributed by atoms with Crippen LogP contribution in [0.3, 0.4) is 0 Å². The summed E-state index contributed by atoms with van der Waals surface area (Å²) in [5.74, 6) is -5.61. The van der Waals surface area contributed by atoms with Gasteiger partial charge in [0.25, 0.3) is 0 Å². The van der Waals surface area contributed by atoms with E-state index in [4.69, 9.17) is 15.9 Å². The van der Waals surface area contributed by atoms with Crippen molar-refractivity contribution in [3.8, 4) is 0 Å². The Labute approximate surface area is 161 Å². The molecule has 160 valence electrons. The highest BCUT2D eigenvalue weighted by atomic mass is 16.4. The Balaban J connectivity index is 4.86. The van der Waals surface area contributed by atoms with Gasteiger partial charge in [0.2, 0.25) is 17.7 Å². The predicted octanol–water partition coefficient (Wildman–Crippen LogP) is -2.61. The van der Waals surface area contributed by atoms with Crippen molar-refractivity contribution in [2.75, 3.05) is 6.61 Å². The summed E-state index contributed by atoms with van der Waals surface area (Å²) in [6.45, 7) is 4.06. The third kappa shape index (κ3) is 8.31. The Kier molecular flexibility index (Phi) is 10.7. The summed E-state index contributed by atoms with van der Waals surface area (Å²) in [5.41, 5.74) is 5.75. The van der Waals surface area contributed by atoms with Crippen molar-refractivity contribution in [3.63, 3.8) is 0 Å². The molecule has 12 heteroatoms. The fraction of sp³-hybridized carbons (Fsp3) is 0.688. The first-order valence-corrected chi connectivity index (χ1v) is 8.66. The molecule has 0 heterocycles. The van der Waals surface area contributed by atoms with Gasteiger partial charge in [-0.1, -0.05) is 20.3 Å². The second-order valence-electron chi connectivity index (χ2n) is 6.38. The van der Waals surface area contributed by atoms with Crippen LogP contribution in [0.1, 0.15) is 33.6 Å². The average molecular weight is 404 g/mol. The van der Waals surface area contributed by atoms with Gasteiger partial charge in [0.15, 0.2) is 0 Å². The molecule has 0 saturated heterocycles. The molecule has 0 aromatic rings. The van der Waals surface area contributed by atoms with E-state index in [1.165, 1.54) is 6.92 Å². The normalized spacial score (nSPS) is 16.0. The monoisotopic (exact) mass is 404 g/mol. The molecule has 0 spiro atoms. The minimum atomic E-state index is -1.67. The maximum atomic E-state index is 12.2. The van der Waals surface area contributed by atoms with Crippen LogP contribution in [0.4, 0.5) is 0 Å². The Morgan fingerprint density at radius 1 is 0.893 bits per heavy atom. The van der Waals surface area contributed by atoms with Gasteiger partial charge in [0.05, 0.1) is 19.1 Å². The van der Waals surface area contributed by atoms with Crippen molar-refractivity contribution in [1.29, 1.82) is 0 Å². The van der Waals surface area contributed by atoms with Crippen molar-refractivity contribution in [2.24, 2.45) is 11.7 Å². The number of carbonyl (C=O) groups excluding carboxylic acids is 3. The molecule has 8 N–H and O–H groups in total. The summed E-state index contributed by atoms with van der Waals surface area (Å²) in [5, 5.41) is 33.4. The molecule has 12 nitrogen and oxygen atoms in total. The van der Waals surface area contributed by atoms with Crippen LogP contribution in [0.5, 0.6) is 0 Å². The van der Waals surface area contributed by atoms with Gasteiger partial charge in [-0.15, -0.1) is 0 Å². The predicted molar refractivity (Wildman–Crippen MR) is 95.9 cm³/mol. The van der Waals surface area contributed by atoms with Crippen LogP contribution in [0.25, 0.3) is 0 Å². The largest absolute Gasteiger partial charge is 0.481 e. The zero-order valence-electron chi connectivity index (χ0n) is 16.0. The Morgan fingerprint density at radius 2 is 1.43 bits per heavy atom. The number of hydrogen-bond donors (Lipinski definition) is 7. The van der Waals surface area contributed by atoms with Gasteiger partial charge in [-0.25, -0.2) is 4.79 Å². The molecule has 0 radical (unpaired) electrons. The van der Waals surface area contributed by atoms with Crippen molar-refractivity contribution >= 4 is 29.7 Å². The van der Waals surface area contributed by atoms with E-state index >= 15 is 0 Å². The summed E-state index contributed by atoms with van der Waals surface area (Å²) < 4.78 is 0. The van der Waals surface area contributed by atoms with Crippen LogP contribution in [0, 0.1) is 5.92 Å². The smallest absolute Gasteiger partial charge is 0.326 e. The molecule has 5 atom stereocenters. The first kappa shape index (κ1) is 25.3. The molecule has 0 fully saturated rings. The summed E-state index contributed by atoms with van der Waals surface area (Å²) in [6, 6.07) is -5.18. The minimum absolute atomic E-state index is 0.158. The van der Waals surface area contributed by atoms with Crippen molar-refractivity contribution in [3.05, 3.63) is 0 Å². The number of carboxylic acid groups (broad SMARTS) is 2. The average Bonchev–Trinajstić information content (AvgIpc) is 2.62. The zero-order valence-corrected chi connectivity index (χ0v) is 16.0. The molecule has 28 heavy (non-hydrogen) atoms. The van der Waals surface area contributed by atoms with Crippen LogP contribution in [0.2, 0.25) is 0 Å². The lowest BCUT2D eigenvalue weighted by molar-refractivity contribution is -0.147. The molecule has 0 unspecified atom stereocenters. The molecular weight excluding hydrogens is 376 g/mol. The number of carbonyl (C=O) groups is 5. The summed E-state index contributed by atoms with van der Waals surface area (Å²) in [6.07, 6.45) is -0.215. The summed E-state index contributed by atoms with van der Waals surface area (Å²) in [7, 11) is 0. The third-order valence-electron chi connectivity index (χ3n) is 4.12. The molecule has 3 amide bonds. The first-order chi connectivity index (χ1) is 12.9. The minimum Gasteiger partial charge on any atom is -0.481 e. The maximum absolute atomic E-state index is 12.2. The topological polar surface area (TPSA) is 208 Å². The molecule has 0 aromatic heterocycles. The van der Waals surface area contributed by atoms with E-state index in [0.717, 1.165) is 0 Å². The van der Waals surface area contributed by atoms with Crippen molar-refractivity contribution in [2.45, 2.75) is 57.8 Å². The maximum Gasteiger partial charge on any atom is 0.326 e. The van der Waals surface area contributed by atoms with Crippen LogP contribution >= 0.6 is 0 Å². The van der Waals surface area contributed by atoms with E-state index < -0.39 is 66.9 Å². The van der Waals surface area contributed by atoms with Crippen molar-refractivity contribution in [1.82, 2.24) is 16.0 Å². The second kappa shape index (κ2) is 11.9. The number of nitrogens with one attached hydrogen (secondary N) is 3. The molecule has 0 saturated carbocycles.